The summed E-state index contributed by atoms with van der Waals surface area (Å²) in [5.41, 5.74) is 1.03. The molecule has 0 aliphatic heterocycles. The summed E-state index contributed by atoms with van der Waals surface area (Å²) in [6, 6.07) is 7.55. The molecule has 0 unspecified atom stereocenters. The van der Waals surface area contributed by atoms with Crippen molar-refractivity contribution in [1.82, 2.24) is 0 Å². The van der Waals surface area contributed by atoms with Crippen molar-refractivity contribution >= 4 is 11.7 Å². The molecule has 0 saturated heterocycles. The second kappa shape index (κ2) is 6.13. The van der Waals surface area contributed by atoms with Crippen LogP contribution in [0, 0.1) is 0 Å². The Morgan fingerprint density at radius 1 is 1.35 bits per heavy atom. The standard InChI is InChI=1S/C13H19NO3/c1-10(2)17-13(15)9-16-12-7-5-6-11(8-12)14(3)4/h5-8,10H,9H2,1-4H3. The van der Waals surface area contributed by atoms with E-state index in [1.165, 1.54) is 0 Å². The zero-order valence-electron chi connectivity index (χ0n) is 10.8. The summed E-state index contributed by atoms with van der Waals surface area (Å²) in [6.07, 6.45) is -0.112. The smallest absolute Gasteiger partial charge is 0.344 e. The van der Waals surface area contributed by atoms with Gasteiger partial charge in [-0.3, -0.25) is 0 Å². The second-order valence-electron chi connectivity index (χ2n) is 4.22. The van der Waals surface area contributed by atoms with Crippen molar-refractivity contribution in [3.63, 3.8) is 0 Å². The van der Waals surface area contributed by atoms with Crippen LogP contribution in [0.3, 0.4) is 0 Å². The molecule has 0 aromatic heterocycles. The summed E-state index contributed by atoms with van der Waals surface area (Å²) in [5, 5.41) is 0. The summed E-state index contributed by atoms with van der Waals surface area (Å²) in [6.45, 7) is 3.56. The van der Waals surface area contributed by atoms with Gasteiger partial charge in [0.1, 0.15) is 5.75 Å². The lowest BCUT2D eigenvalue weighted by Gasteiger charge is -2.14. The highest BCUT2D eigenvalue weighted by Crippen LogP contribution is 2.19. The molecule has 1 aromatic carbocycles. The molecule has 0 saturated carbocycles. The maximum Gasteiger partial charge on any atom is 0.344 e. The van der Waals surface area contributed by atoms with E-state index in [1.807, 2.05) is 57.1 Å². The monoisotopic (exact) mass is 237 g/mol. The lowest BCUT2D eigenvalue weighted by atomic mass is 10.3. The van der Waals surface area contributed by atoms with Crippen LogP contribution in [-0.2, 0) is 9.53 Å². The zero-order chi connectivity index (χ0) is 12.8. The minimum absolute atomic E-state index is 0.0605. The van der Waals surface area contributed by atoms with Gasteiger partial charge in [0.15, 0.2) is 6.61 Å². The number of benzene rings is 1. The van der Waals surface area contributed by atoms with Gasteiger partial charge in [0.2, 0.25) is 0 Å². The third-order valence-corrected chi connectivity index (χ3v) is 2.06. The van der Waals surface area contributed by atoms with Gasteiger partial charge >= 0.3 is 5.97 Å². The Morgan fingerprint density at radius 3 is 2.65 bits per heavy atom. The number of rotatable bonds is 5. The first-order chi connectivity index (χ1) is 7.99. The Kier molecular flexibility index (Phi) is 4.82. The van der Waals surface area contributed by atoms with Crippen LogP contribution in [0.4, 0.5) is 5.69 Å². The Labute approximate surface area is 102 Å². The van der Waals surface area contributed by atoms with Crippen LogP contribution in [0.1, 0.15) is 13.8 Å². The molecule has 0 atom stereocenters. The molecular formula is C13H19NO3. The van der Waals surface area contributed by atoms with Crippen molar-refractivity contribution in [3.05, 3.63) is 24.3 Å². The van der Waals surface area contributed by atoms with Crippen molar-refractivity contribution in [2.45, 2.75) is 20.0 Å². The highest BCUT2D eigenvalue weighted by molar-refractivity contribution is 5.71. The Balaban J connectivity index is 2.52. The number of nitrogens with zero attached hydrogens (tertiary/aromatic N) is 1. The maximum atomic E-state index is 11.3. The predicted octanol–water partition coefficient (Wildman–Crippen LogP) is 2.08. The van der Waals surface area contributed by atoms with Crippen molar-refractivity contribution in [2.75, 3.05) is 25.6 Å². The quantitative estimate of drug-likeness (QED) is 0.735. The predicted molar refractivity (Wildman–Crippen MR) is 67.5 cm³/mol. The first-order valence-corrected chi connectivity index (χ1v) is 5.58. The van der Waals surface area contributed by atoms with Crippen molar-refractivity contribution in [1.29, 1.82) is 0 Å². The van der Waals surface area contributed by atoms with E-state index in [2.05, 4.69) is 0 Å². The van der Waals surface area contributed by atoms with E-state index in [0.717, 1.165) is 5.69 Å². The van der Waals surface area contributed by atoms with Crippen LogP contribution in [0.25, 0.3) is 0 Å². The van der Waals surface area contributed by atoms with Gasteiger partial charge in [-0.2, -0.15) is 0 Å². The number of hydrogen-bond acceptors (Lipinski definition) is 4. The van der Waals surface area contributed by atoms with Crippen molar-refractivity contribution in [2.24, 2.45) is 0 Å². The molecule has 0 aliphatic carbocycles. The Morgan fingerprint density at radius 2 is 2.06 bits per heavy atom. The molecule has 0 N–H and O–H groups in total. The normalized spacial score (nSPS) is 10.2. The molecule has 0 spiro atoms. The average molecular weight is 237 g/mol. The van der Waals surface area contributed by atoms with Gasteiger partial charge in [0.25, 0.3) is 0 Å². The lowest BCUT2D eigenvalue weighted by molar-refractivity contribution is -0.149. The van der Waals surface area contributed by atoms with Crippen LogP contribution < -0.4 is 9.64 Å². The fourth-order valence-electron chi connectivity index (χ4n) is 1.29. The highest BCUT2D eigenvalue weighted by atomic mass is 16.6. The summed E-state index contributed by atoms with van der Waals surface area (Å²) in [7, 11) is 3.90. The van der Waals surface area contributed by atoms with Crippen LogP contribution in [-0.4, -0.2) is 32.8 Å². The molecule has 0 bridgehead atoms. The fraction of sp³-hybridized carbons (Fsp3) is 0.462. The third kappa shape index (κ3) is 4.76. The number of hydrogen-bond donors (Lipinski definition) is 0. The Hall–Kier alpha value is -1.71. The minimum atomic E-state index is -0.352. The SMILES string of the molecule is CC(C)OC(=O)COc1cccc(N(C)C)c1. The second-order valence-corrected chi connectivity index (χ2v) is 4.22. The maximum absolute atomic E-state index is 11.3. The highest BCUT2D eigenvalue weighted by Gasteiger charge is 2.06. The summed E-state index contributed by atoms with van der Waals surface area (Å²) in [4.78, 5) is 13.3. The molecule has 4 nitrogen and oxygen atoms in total. The lowest BCUT2D eigenvalue weighted by Crippen LogP contribution is -2.18. The van der Waals surface area contributed by atoms with Crippen LogP contribution in [0.15, 0.2) is 24.3 Å². The molecule has 1 aromatic rings. The number of carbonyl (C=O) groups is 1. The number of ether oxygens (including phenoxy) is 2. The van der Waals surface area contributed by atoms with Crippen molar-refractivity contribution in [3.8, 4) is 5.75 Å². The molecule has 0 amide bonds. The van der Waals surface area contributed by atoms with Gasteiger partial charge < -0.3 is 14.4 Å². The van der Waals surface area contributed by atoms with E-state index in [9.17, 15) is 4.79 Å². The molecule has 0 heterocycles. The average Bonchev–Trinajstić information content (AvgIpc) is 2.26. The van der Waals surface area contributed by atoms with E-state index >= 15 is 0 Å². The first kappa shape index (κ1) is 13.4. The fourth-order valence-corrected chi connectivity index (χ4v) is 1.29. The zero-order valence-corrected chi connectivity index (χ0v) is 10.8. The van der Waals surface area contributed by atoms with Gasteiger partial charge in [-0.05, 0) is 26.0 Å². The van der Waals surface area contributed by atoms with E-state index in [4.69, 9.17) is 9.47 Å². The topological polar surface area (TPSA) is 38.8 Å². The molecule has 0 aliphatic rings. The third-order valence-electron chi connectivity index (χ3n) is 2.06. The number of carbonyl (C=O) groups excluding carboxylic acids is 1. The van der Waals surface area contributed by atoms with Crippen molar-refractivity contribution < 1.29 is 14.3 Å². The molecule has 94 valence electrons. The van der Waals surface area contributed by atoms with Gasteiger partial charge in [0.05, 0.1) is 6.10 Å². The molecule has 17 heavy (non-hydrogen) atoms. The van der Waals surface area contributed by atoms with Gasteiger partial charge in [0, 0.05) is 25.8 Å². The largest absolute Gasteiger partial charge is 0.482 e. The molecule has 4 heteroatoms. The summed E-state index contributed by atoms with van der Waals surface area (Å²) in [5.74, 6) is 0.312. The Bertz CT molecular complexity index is 375. The number of anilines is 1. The summed E-state index contributed by atoms with van der Waals surface area (Å²) < 4.78 is 10.3. The van der Waals surface area contributed by atoms with E-state index in [1.54, 1.807) is 0 Å². The summed E-state index contributed by atoms with van der Waals surface area (Å²) >= 11 is 0. The van der Waals surface area contributed by atoms with Gasteiger partial charge in [-0.25, -0.2) is 4.79 Å². The first-order valence-electron chi connectivity index (χ1n) is 5.58. The molecule has 0 radical (unpaired) electrons. The molecule has 0 fully saturated rings. The van der Waals surface area contributed by atoms with Crippen LogP contribution >= 0.6 is 0 Å². The van der Waals surface area contributed by atoms with Crippen LogP contribution in [0.2, 0.25) is 0 Å². The van der Waals surface area contributed by atoms with E-state index in [0.29, 0.717) is 5.75 Å². The van der Waals surface area contributed by atoms with E-state index in [-0.39, 0.29) is 18.7 Å². The molecule has 1 rings (SSSR count). The van der Waals surface area contributed by atoms with E-state index < -0.39 is 0 Å². The van der Waals surface area contributed by atoms with Crippen LogP contribution in [0.5, 0.6) is 5.75 Å². The minimum Gasteiger partial charge on any atom is -0.482 e. The van der Waals surface area contributed by atoms with Gasteiger partial charge in [-0.15, -0.1) is 0 Å². The molecular weight excluding hydrogens is 218 g/mol. The number of esters is 1. The van der Waals surface area contributed by atoms with Gasteiger partial charge in [-0.1, -0.05) is 6.07 Å².